The molecule has 1 aromatic carbocycles. The van der Waals surface area contributed by atoms with Crippen LogP contribution in [-0.4, -0.2) is 67.6 Å². The van der Waals surface area contributed by atoms with E-state index in [-0.39, 0.29) is 22.2 Å². The molecular formula is C20H25N3O4S3. The molecule has 0 atom stereocenters. The van der Waals surface area contributed by atoms with Crippen molar-refractivity contribution in [3.05, 3.63) is 45.6 Å². The van der Waals surface area contributed by atoms with Crippen molar-refractivity contribution in [2.24, 2.45) is 0 Å². The first-order chi connectivity index (χ1) is 14.2. The maximum atomic E-state index is 13.0. The van der Waals surface area contributed by atoms with E-state index in [9.17, 15) is 18.0 Å². The van der Waals surface area contributed by atoms with Gasteiger partial charge in [0.2, 0.25) is 15.9 Å². The van der Waals surface area contributed by atoms with Gasteiger partial charge in [-0.25, -0.2) is 8.42 Å². The van der Waals surface area contributed by atoms with Crippen LogP contribution >= 0.6 is 23.1 Å². The lowest BCUT2D eigenvalue weighted by atomic mass is 10.1. The fourth-order valence-electron chi connectivity index (χ4n) is 3.12. The number of sulfonamides is 1. The molecule has 2 amide bonds. The number of carbonyl (C=O) groups is 2. The van der Waals surface area contributed by atoms with Gasteiger partial charge in [-0.05, 0) is 42.5 Å². The minimum Gasteiger partial charge on any atom is -0.332 e. The molecule has 1 N–H and O–H groups in total. The second kappa shape index (κ2) is 9.51. The second-order valence-corrected chi connectivity index (χ2v) is 11.1. The summed E-state index contributed by atoms with van der Waals surface area (Å²) in [7, 11) is -2.23. The first kappa shape index (κ1) is 22.8. The van der Waals surface area contributed by atoms with Crippen LogP contribution in [0.4, 0.5) is 5.69 Å². The van der Waals surface area contributed by atoms with E-state index >= 15 is 0 Å². The molecule has 10 heteroatoms. The topological polar surface area (TPSA) is 86.8 Å². The summed E-state index contributed by atoms with van der Waals surface area (Å²) in [6, 6.07) is 7.09. The molecule has 0 aliphatic carbocycles. The number of nitrogens with one attached hydrogen (secondary N) is 1. The number of carbonyl (C=O) groups excluding carboxylic acids is 2. The van der Waals surface area contributed by atoms with Gasteiger partial charge in [-0.1, -0.05) is 12.1 Å². The van der Waals surface area contributed by atoms with Crippen LogP contribution in [0.3, 0.4) is 0 Å². The van der Waals surface area contributed by atoms with Gasteiger partial charge < -0.3 is 10.2 Å². The van der Waals surface area contributed by atoms with Gasteiger partial charge in [-0.2, -0.15) is 16.1 Å². The smallest absolute Gasteiger partial charge is 0.265 e. The van der Waals surface area contributed by atoms with Crippen molar-refractivity contribution in [3.63, 3.8) is 0 Å². The Labute approximate surface area is 185 Å². The molecule has 30 heavy (non-hydrogen) atoms. The second-order valence-electron chi connectivity index (χ2n) is 7.09. The van der Waals surface area contributed by atoms with Crippen molar-refractivity contribution in [3.8, 4) is 0 Å². The van der Waals surface area contributed by atoms with Gasteiger partial charge in [-0.3, -0.25) is 9.59 Å². The summed E-state index contributed by atoms with van der Waals surface area (Å²) in [5.41, 5.74) is 2.72. The number of benzene rings is 1. The van der Waals surface area contributed by atoms with Gasteiger partial charge in [-0.15, -0.1) is 11.3 Å². The highest BCUT2D eigenvalue weighted by Gasteiger charge is 2.32. The molecule has 0 saturated carbocycles. The number of thioether (sulfide) groups is 1. The Morgan fingerprint density at radius 1 is 1.17 bits per heavy atom. The largest absolute Gasteiger partial charge is 0.332 e. The maximum Gasteiger partial charge on any atom is 0.265 e. The highest BCUT2D eigenvalue weighted by molar-refractivity contribution is 7.99. The lowest BCUT2D eigenvalue weighted by Crippen LogP contribution is -2.39. The zero-order valence-electron chi connectivity index (χ0n) is 17.2. The van der Waals surface area contributed by atoms with Crippen LogP contribution in [0.5, 0.6) is 0 Å². The highest BCUT2D eigenvalue weighted by Crippen LogP contribution is 2.28. The van der Waals surface area contributed by atoms with Crippen molar-refractivity contribution >= 4 is 50.6 Å². The molecule has 1 saturated heterocycles. The maximum absolute atomic E-state index is 13.0. The summed E-state index contributed by atoms with van der Waals surface area (Å²) in [6.07, 6.45) is 0. The summed E-state index contributed by atoms with van der Waals surface area (Å²) in [5.74, 6) is 0.663. The number of hydrogen-bond acceptors (Lipinski definition) is 6. The predicted molar refractivity (Wildman–Crippen MR) is 122 cm³/mol. The Bertz CT molecular complexity index is 1040. The molecule has 1 aliphatic heterocycles. The van der Waals surface area contributed by atoms with E-state index in [0.29, 0.717) is 18.8 Å². The third-order valence-electron chi connectivity index (χ3n) is 5.02. The summed E-state index contributed by atoms with van der Waals surface area (Å²) in [4.78, 5) is 26.8. The van der Waals surface area contributed by atoms with Crippen molar-refractivity contribution in [2.75, 3.05) is 43.5 Å². The van der Waals surface area contributed by atoms with Crippen molar-refractivity contribution in [1.29, 1.82) is 0 Å². The van der Waals surface area contributed by atoms with Crippen LogP contribution in [0.2, 0.25) is 0 Å². The number of aryl methyl sites for hydroxylation is 1. The molecule has 162 valence electrons. The third kappa shape index (κ3) is 4.88. The minimum atomic E-state index is -3.73. The Kier molecular flexibility index (Phi) is 7.22. The molecule has 3 rings (SSSR count). The molecule has 1 fully saturated rings. The summed E-state index contributed by atoms with van der Waals surface area (Å²) >= 11 is 2.79. The minimum absolute atomic E-state index is 0.0196. The van der Waals surface area contributed by atoms with Gasteiger partial charge in [0.1, 0.15) is 9.77 Å². The fourth-order valence-corrected chi connectivity index (χ4v) is 7.08. The fraction of sp³-hybridized carbons (Fsp3) is 0.400. The number of anilines is 1. The summed E-state index contributed by atoms with van der Waals surface area (Å²) < 4.78 is 27.4. The molecule has 2 heterocycles. The zero-order valence-corrected chi connectivity index (χ0v) is 19.6. The molecular weight excluding hydrogens is 442 g/mol. The Morgan fingerprint density at radius 3 is 2.57 bits per heavy atom. The van der Waals surface area contributed by atoms with E-state index in [2.05, 4.69) is 5.32 Å². The zero-order chi connectivity index (χ0) is 21.9. The SMILES string of the molecule is Cc1cccc(NC(=O)CN(C)C(=O)c2sccc2S(=O)(=O)N2CCSCC2)c1C. The van der Waals surface area contributed by atoms with Gasteiger partial charge in [0, 0.05) is 37.3 Å². The van der Waals surface area contributed by atoms with E-state index < -0.39 is 15.9 Å². The van der Waals surface area contributed by atoms with Crippen LogP contribution in [0.15, 0.2) is 34.5 Å². The van der Waals surface area contributed by atoms with Gasteiger partial charge >= 0.3 is 0 Å². The van der Waals surface area contributed by atoms with Crippen molar-refractivity contribution < 1.29 is 18.0 Å². The van der Waals surface area contributed by atoms with Crippen LogP contribution in [0.25, 0.3) is 0 Å². The normalized spacial score (nSPS) is 15.0. The van der Waals surface area contributed by atoms with E-state index in [1.54, 1.807) is 17.1 Å². The van der Waals surface area contributed by atoms with Gasteiger partial charge in [0.25, 0.3) is 5.91 Å². The number of amides is 2. The summed E-state index contributed by atoms with van der Waals surface area (Å²) in [6.45, 7) is 4.57. The average molecular weight is 468 g/mol. The van der Waals surface area contributed by atoms with Crippen LogP contribution < -0.4 is 5.32 Å². The number of thiophene rings is 1. The molecule has 0 radical (unpaired) electrons. The Hall–Kier alpha value is -1.88. The molecule has 1 aliphatic rings. The molecule has 1 aromatic heterocycles. The number of nitrogens with zero attached hydrogens (tertiary/aromatic N) is 2. The molecule has 7 nitrogen and oxygen atoms in total. The monoisotopic (exact) mass is 467 g/mol. The van der Waals surface area contributed by atoms with E-state index in [4.69, 9.17) is 0 Å². The predicted octanol–water partition coefficient (Wildman–Crippen LogP) is 2.81. The van der Waals surface area contributed by atoms with E-state index in [1.165, 1.54) is 22.3 Å². The molecule has 0 bridgehead atoms. The van der Waals surface area contributed by atoms with Crippen LogP contribution in [0, 0.1) is 13.8 Å². The van der Waals surface area contributed by atoms with Crippen molar-refractivity contribution in [1.82, 2.24) is 9.21 Å². The van der Waals surface area contributed by atoms with Crippen LogP contribution in [0.1, 0.15) is 20.8 Å². The van der Waals surface area contributed by atoms with Gasteiger partial charge in [0.05, 0.1) is 6.54 Å². The molecule has 0 unspecified atom stereocenters. The lowest BCUT2D eigenvalue weighted by molar-refractivity contribution is -0.116. The number of rotatable bonds is 6. The highest BCUT2D eigenvalue weighted by atomic mass is 32.2. The molecule has 0 spiro atoms. The Balaban J connectivity index is 1.72. The van der Waals surface area contributed by atoms with Crippen LogP contribution in [-0.2, 0) is 14.8 Å². The summed E-state index contributed by atoms with van der Waals surface area (Å²) in [5, 5.41) is 4.42. The van der Waals surface area contributed by atoms with Gasteiger partial charge in [0.15, 0.2) is 0 Å². The first-order valence-corrected chi connectivity index (χ1v) is 13.0. The molecule has 2 aromatic rings. The third-order valence-corrected chi connectivity index (χ3v) is 8.93. The lowest BCUT2D eigenvalue weighted by Gasteiger charge is -2.26. The van der Waals surface area contributed by atoms with E-state index in [1.807, 2.05) is 32.0 Å². The number of likely N-dealkylation sites (N-methyl/N-ethyl adjacent to an activating group) is 1. The van der Waals surface area contributed by atoms with E-state index in [0.717, 1.165) is 34.0 Å². The quantitative estimate of drug-likeness (QED) is 0.706. The Morgan fingerprint density at radius 2 is 1.87 bits per heavy atom. The van der Waals surface area contributed by atoms with Crippen molar-refractivity contribution in [2.45, 2.75) is 18.7 Å². The average Bonchev–Trinajstić information content (AvgIpc) is 3.22. The number of hydrogen-bond donors (Lipinski definition) is 1. The first-order valence-electron chi connectivity index (χ1n) is 9.48. The standard InChI is InChI=1S/C20H25N3O4S3/c1-14-5-4-6-16(15(14)2)21-18(24)13-22(3)20(25)19-17(7-10-29-19)30(26,27)23-8-11-28-12-9-23/h4-7,10H,8-9,11-13H2,1-3H3,(H,21,24).